The molecule has 1 atom stereocenters. The van der Waals surface area contributed by atoms with Gasteiger partial charge in [0.1, 0.15) is 0 Å². The monoisotopic (exact) mass is 312 g/mol. The predicted octanol–water partition coefficient (Wildman–Crippen LogP) is 1.44. The highest BCUT2D eigenvalue weighted by atomic mass is 32.2. The van der Waals surface area contributed by atoms with Crippen LogP contribution >= 0.6 is 0 Å². The van der Waals surface area contributed by atoms with Crippen molar-refractivity contribution in [2.75, 3.05) is 11.5 Å². The second kappa shape index (κ2) is 4.61. The maximum Gasteiger partial charge on any atom is 0.315 e. The Morgan fingerprint density at radius 2 is 1.57 bits per heavy atom. The molecular formula is C15H24N2O3S. The Hall–Kier alpha value is -0.780. The molecule has 4 bridgehead atoms. The highest BCUT2D eigenvalue weighted by Crippen LogP contribution is 2.55. The second-order valence-electron chi connectivity index (χ2n) is 7.90. The van der Waals surface area contributed by atoms with Crippen molar-refractivity contribution in [3.8, 4) is 0 Å². The lowest BCUT2D eigenvalue weighted by Crippen LogP contribution is -2.62. The number of carbonyl (C=O) groups excluding carboxylic acids is 1. The van der Waals surface area contributed by atoms with Gasteiger partial charge < -0.3 is 10.6 Å². The van der Waals surface area contributed by atoms with E-state index in [1.54, 1.807) is 0 Å². The molecule has 0 aromatic carbocycles. The van der Waals surface area contributed by atoms with Crippen molar-refractivity contribution >= 4 is 15.9 Å². The summed E-state index contributed by atoms with van der Waals surface area (Å²) in [4.78, 5) is 12.3. The van der Waals surface area contributed by atoms with Gasteiger partial charge >= 0.3 is 6.03 Å². The van der Waals surface area contributed by atoms with E-state index in [0.29, 0.717) is 6.42 Å². The fraction of sp³-hybridized carbons (Fsp3) is 0.933. The first-order chi connectivity index (χ1) is 9.91. The molecule has 118 valence electrons. The van der Waals surface area contributed by atoms with Gasteiger partial charge in [0.25, 0.3) is 0 Å². The number of amides is 2. The number of urea groups is 1. The predicted molar refractivity (Wildman–Crippen MR) is 79.6 cm³/mol. The van der Waals surface area contributed by atoms with Crippen molar-refractivity contribution in [3.05, 3.63) is 0 Å². The molecule has 1 saturated heterocycles. The second-order valence-corrected chi connectivity index (χ2v) is 10.1. The van der Waals surface area contributed by atoms with Crippen LogP contribution in [0.25, 0.3) is 0 Å². The lowest BCUT2D eigenvalue weighted by Gasteiger charge is -2.56. The summed E-state index contributed by atoms with van der Waals surface area (Å²) in [7, 11) is -2.94. The first kappa shape index (κ1) is 13.9. The van der Waals surface area contributed by atoms with E-state index in [0.717, 1.165) is 37.0 Å². The van der Waals surface area contributed by atoms with Crippen LogP contribution in [0.3, 0.4) is 0 Å². The van der Waals surface area contributed by atoms with Crippen LogP contribution in [0.15, 0.2) is 0 Å². The Morgan fingerprint density at radius 3 is 2.05 bits per heavy atom. The first-order valence-corrected chi connectivity index (χ1v) is 10.0. The first-order valence-electron chi connectivity index (χ1n) is 8.20. The van der Waals surface area contributed by atoms with Crippen LogP contribution in [0.4, 0.5) is 4.79 Å². The molecule has 4 aliphatic carbocycles. The topological polar surface area (TPSA) is 75.3 Å². The molecular weight excluding hydrogens is 288 g/mol. The molecule has 5 fully saturated rings. The molecule has 5 rings (SSSR count). The third-order valence-corrected chi connectivity index (χ3v) is 7.75. The molecule has 2 N–H and O–H groups in total. The van der Waals surface area contributed by atoms with Gasteiger partial charge in [-0.1, -0.05) is 0 Å². The Bertz CT molecular complexity index is 522. The molecule has 0 radical (unpaired) electrons. The summed E-state index contributed by atoms with van der Waals surface area (Å²) in [5, 5.41) is 6.11. The average Bonchev–Trinajstić information content (AvgIpc) is 2.65. The molecule has 5 nitrogen and oxygen atoms in total. The Morgan fingerprint density at radius 1 is 1.00 bits per heavy atom. The zero-order chi connectivity index (χ0) is 14.7. The summed E-state index contributed by atoms with van der Waals surface area (Å²) >= 11 is 0. The van der Waals surface area contributed by atoms with E-state index in [2.05, 4.69) is 10.6 Å². The van der Waals surface area contributed by atoms with Gasteiger partial charge in [0.05, 0.1) is 11.5 Å². The maximum absolute atomic E-state index is 12.3. The van der Waals surface area contributed by atoms with E-state index in [1.165, 1.54) is 19.3 Å². The largest absolute Gasteiger partial charge is 0.334 e. The molecule has 0 aromatic heterocycles. The lowest BCUT2D eigenvalue weighted by atomic mass is 9.53. The van der Waals surface area contributed by atoms with Crippen LogP contribution in [0.5, 0.6) is 0 Å². The minimum Gasteiger partial charge on any atom is -0.334 e. The smallest absolute Gasteiger partial charge is 0.315 e. The maximum atomic E-state index is 12.3. The molecule has 21 heavy (non-hydrogen) atoms. The van der Waals surface area contributed by atoms with Gasteiger partial charge in [0, 0.05) is 11.6 Å². The van der Waals surface area contributed by atoms with Crippen molar-refractivity contribution in [1.29, 1.82) is 0 Å². The van der Waals surface area contributed by atoms with Crippen molar-refractivity contribution in [1.82, 2.24) is 10.6 Å². The zero-order valence-electron chi connectivity index (χ0n) is 12.3. The fourth-order valence-corrected chi connectivity index (χ4v) is 7.31. The van der Waals surface area contributed by atoms with Gasteiger partial charge in [0.15, 0.2) is 9.84 Å². The normalized spacial score (nSPS) is 46.5. The van der Waals surface area contributed by atoms with Gasteiger partial charge in [-0.3, -0.25) is 0 Å². The molecule has 1 heterocycles. The highest BCUT2D eigenvalue weighted by Gasteiger charge is 2.51. The summed E-state index contributed by atoms with van der Waals surface area (Å²) in [5.74, 6) is 2.69. The zero-order valence-corrected chi connectivity index (χ0v) is 13.1. The molecule has 5 aliphatic rings. The van der Waals surface area contributed by atoms with Crippen LogP contribution in [0, 0.1) is 17.8 Å². The molecule has 1 aliphatic heterocycles. The van der Waals surface area contributed by atoms with E-state index in [9.17, 15) is 13.2 Å². The quantitative estimate of drug-likeness (QED) is 0.810. The summed E-state index contributed by atoms with van der Waals surface area (Å²) in [5.41, 5.74) is -0.00366. The number of carbonyl (C=O) groups is 1. The van der Waals surface area contributed by atoms with E-state index in [1.807, 2.05) is 0 Å². The number of hydrogen-bond donors (Lipinski definition) is 2. The van der Waals surface area contributed by atoms with Crippen LogP contribution in [-0.4, -0.2) is 37.5 Å². The van der Waals surface area contributed by atoms with E-state index in [4.69, 9.17) is 0 Å². The third-order valence-electron chi connectivity index (χ3n) is 5.98. The molecule has 0 spiro atoms. The number of nitrogens with one attached hydrogen (secondary N) is 2. The highest BCUT2D eigenvalue weighted by molar-refractivity contribution is 7.91. The SMILES string of the molecule is O=C(NC1CCS(=O)(=O)C1)NC12CC3CC(CC(C3)C1)C2. The molecule has 2 amide bonds. The third kappa shape index (κ3) is 2.67. The fourth-order valence-electron chi connectivity index (χ4n) is 5.63. The average molecular weight is 312 g/mol. The van der Waals surface area contributed by atoms with Crippen LogP contribution in [-0.2, 0) is 9.84 Å². The number of rotatable bonds is 2. The summed E-state index contributed by atoms with van der Waals surface area (Å²) < 4.78 is 22.9. The Kier molecular flexibility index (Phi) is 3.04. The van der Waals surface area contributed by atoms with Gasteiger partial charge in [-0.05, 0) is 62.7 Å². The van der Waals surface area contributed by atoms with Crippen LogP contribution in [0.1, 0.15) is 44.9 Å². The Balaban J connectivity index is 1.39. The van der Waals surface area contributed by atoms with Crippen molar-refractivity contribution in [2.24, 2.45) is 17.8 Å². The van der Waals surface area contributed by atoms with E-state index in [-0.39, 0.29) is 29.1 Å². The van der Waals surface area contributed by atoms with Crippen molar-refractivity contribution in [3.63, 3.8) is 0 Å². The number of hydrogen-bond acceptors (Lipinski definition) is 3. The van der Waals surface area contributed by atoms with Gasteiger partial charge in [-0.25, -0.2) is 13.2 Å². The minimum absolute atomic E-state index is 0.00366. The standard InChI is InChI=1S/C15H24N2O3S/c18-14(16-13-1-2-21(19,20)9-13)17-15-6-10-3-11(7-15)5-12(4-10)8-15/h10-13H,1-9H2,(H2,16,17,18). The van der Waals surface area contributed by atoms with Crippen LogP contribution < -0.4 is 10.6 Å². The number of sulfone groups is 1. The molecule has 6 heteroatoms. The van der Waals surface area contributed by atoms with Gasteiger partial charge in [0.2, 0.25) is 0 Å². The summed E-state index contributed by atoms with van der Waals surface area (Å²) in [6.07, 6.45) is 7.97. The molecule has 4 saturated carbocycles. The molecule has 1 unspecified atom stereocenters. The summed E-state index contributed by atoms with van der Waals surface area (Å²) in [6, 6.07) is -0.358. The lowest BCUT2D eigenvalue weighted by molar-refractivity contribution is -0.0136. The van der Waals surface area contributed by atoms with Crippen molar-refractivity contribution < 1.29 is 13.2 Å². The summed E-state index contributed by atoms with van der Waals surface area (Å²) in [6.45, 7) is 0. The van der Waals surface area contributed by atoms with E-state index >= 15 is 0 Å². The van der Waals surface area contributed by atoms with Crippen molar-refractivity contribution in [2.45, 2.75) is 56.5 Å². The van der Waals surface area contributed by atoms with Gasteiger partial charge in [-0.2, -0.15) is 0 Å². The minimum atomic E-state index is -2.94. The Labute approximate surface area is 126 Å². The molecule has 0 aromatic rings. The van der Waals surface area contributed by atoms with Crippen LogP contribution in [0.2, 0.25) is 0 Å². The van der Waals surface area contributed by atoms with E-state index < -0.39 is 9.84 Å². The van der Waals surface area contributed by atoms with Gasteiger partial charge in [-0.15, -0.1) is 0 Å².